The molecular formula is C10H11ClN6. The van der Waals surface area contributed by atoms with E-state index < -0.39 is 0 Å². The molecule has 6 nitrogen and oxygen atoms in total. The maximum atomic E-state index is 5.96. The summed E-state index contributed by atoms with van der Waals surface area (Å²) in [5.41, 5.74) is 3.49. The summed E-state index contributed by atoms with van der Waals surface area (Å²) in [6, 6.07) is 7.38. The van der Waals surface area contributed by atoms with Gasteiger partial charge in [-0.15, -0.1) is 10.2 Å². The number of nitrogens with two attached hydrogens (primary N) is 1. The van der Waals surface area contributed by atoms with Gasteiger partial charge in [0.25, 0.3) is 5.95 Å². The van der Waals surface area contributed by atoms with Crippen molar-refractivity contribution in [2.45, 2.75) is 6.92 Å². The third-order valence-electron chi connectivity index (χ3n) is 2.14. The first kappa shape index (κ1) is 11.4. The van der Waals surface area contributed by atoms with Gasteiger partial charge in [0.1, 0.15) is 0 Å². The van der Waals surface area contributed by atoms with Crippen LogP contribution in [0, 0.1) is 6.92 Å². The number of nitrogens with zero attached hydrogens (tertiary/aromatic N) is 4. The summed E-state index contributed by atoms with van der Waals surface area (Å²) in [6.07, 6.45) is 1.59. The maximum Gasteiger partial charge on any atom is 0.263 e. The predicted octanol–water partition coefficient (Wildman–Crippen LogP) is 1.40. The minimum absolute atomic E-state index is 0.366. The number of anilines is 1. The van der Waals surface area contributed by atoms with Crippen molar-refractivity contribution in [2.75, 3.05) is 11.3 Å². The average Bonchev–Trinajstić information content (AvgIpc) is 2.63. The first-order chi connectivity index (χ1) is 8.18. The van der Waals surface area contributed by atoms with Crippen molar-refractivity contribution in [1.29, 1.82) is 0 Å². The summed E-state index contributed by atoms with van der Waals surface area (Å²) in [5, 5.41) is 12.2. The molecule has 0 atom stereocenters. The van der Waals surface area contributed by atoms with E-state index in [1.54, 1.807) is 19.2 Å². The smallest absolute Gasteiger partial charge is 0.263 e. The fourth-order valence-electron chi connectivity index (χ4n) is 1.18. The Kier molecular flexibility index (Phi) is 3.24. The fraction of sp³-hybridized carbons (Fsp3) is 0.100. The lowest BCUT2D eigenvalue weighted by molar-refractivity contribution is 0.926. The van der Waals surface area contributed by atoms with E-state index in [4.69, 9.17) is 17.4 Å². The van der Waals surface area contributed by atoms with E-state index in [2.05, 4.69) is 20.7 Å². The molecule has 0 saturated heterocycles. The molecule has 0 aliphatic carbocycles. The SMILES string of the molecule is Cc1nnc(N/N=C\c2ccccc2Cl)n1N. The molecule has 1 heterocycles. The molecule has 0 radical (unpaired) electrons. The molecule has 0 aliphatic heterocycles. The van der Waals surface area contributed by atoms with Crippen molar-refractivity contribution in [3.63, 3.8) is 0 Å². The number of hydrogen-bond acceptors (Lipinski definition) is 5. The Labute approximate surface area is 103 Å². The number of rotatable bonds is 3. The quantitative estimate of drug-likeness (QED) is 0.490. The number of hydrazone groups is 1. The molecule has 0 aliphatic rings. The van der Waals surface area contributed by atoms with Crippen molar-refractivity contribution in [3.8, 4) is 0 Å². The standard InChI is InChI=1S/C10H11ClN6/c1-7-14-16-10(17(7)12)15-13-6-8-4-2-3-5-9(8)11/h2-6H,12H2,1H3,(H,15,16)/b13-6-. The summed E-state index contributed by atoms with van der Waals surface area (Å²) in [5.74, 6) is 6.61. The van der Waals surface area contributed by atoms with Crippen molar-refractivity contribution in [3.05, 3.63) is 40.7 Å². The highest BCUT2D eigenvalue weighted by Gasteiger charge is 2.02. The second-order valence-electron chi connectivity index (χ2n) is 3.33. The van der Waals surface area contributed by atoms with Crippen LogP contribution in [0.1, 0.15) is 11.4 Å². The van der Waals surface area contributed by atoms with E-state index in [9.17, 15) is 0 Å². The Morgan fingerprint density at radius 3 is 2.82 bits per heavy atom. The molecule has 88 valence electrons. The van der Waals surface area contributed by atoms with Crippen LogP contribution in [0.4, 0.5) is 5.95 Å². The minimum atomic E-state index is 0.366. The van der Waals surface area contributed by atoms with Crippen LogP contribution in [0.3, 0.4) is 0 Å². The Balaban J connectivity index is 2.08. The second-order valence-corrected chi connectivity index (χ2v) is 3.74. The van der Waals surface area contributed by atoms with Crippen LogP contribution in [0.25, 0.3) is 0 Å². The third-order valence-corrected chi connectivity index (χ3v) is 2.48. The topological polar surface area (TPSA) is 81.1 Å². The molecule has 1 aromatic carbocycles. The van der Waals surface area contributed by atoms with Gasteiger partial charge in [0.2, 0.25) is 0 Å². The number of nitrogen functional groups attached to an aromatic ring is 1. The lowest BCUT2D eigenvalue weighted by Crippen LogP contribution is -2.13. The van der Waals surface area contributed by atoms with Crippen molar-refractivity contribution < 1.29 is 0 Å². The van der Waals surface area contributed by atoms with Crippen LogP contribution in [-0.2, 0) is 0 Å². The third kappa shape index (κ3) is 2.54. The van der Waals surface area contributed by atoms with Crippen LogP contribution >= 0.6 is 11.6 Å². The van der Waals surface area contributed by atoms with Crippen LogP contribution in [0.2, 0.25) is 5.02 Å². The summed E-state index contributed by atoms with van der Waals surface area (Å²) < 4.78 is 1.31. The Bertz CT molecular complexity index is 547. The zero-order valence-corrected chi connectivity index (χ0v) is 9.89. The number of halogens is 1. The summed E-state index contributed by atoms with van der Waals surface area (Å²) in [6.45, 7) is 1.75. The first-order valence-corrected chi connectivity index (χ1v) is 5.27. The molecule has 0 bridgehead atoms. The van der Waals surface area contributed by atoms with Gasteiger partial charge in [-0.25, -0.2) is 10.1 Å². The summed E-state index contributed by atoms with van der Waals surface area (Å²) in [7, 11) is 0. The van der Waals surface area contributed by atoms with Crippen molar-refractivity contribution in [1.82, 2.24) is 14.9 Å². The van der Waals surface area contributed by atoms with Crippen molar-refractivity contribution in [2.24, 2.45) is 5.10 Å². The summed E-state index contributed by atoms with van der Waals surface area (Å²) in [4.78, 5) is 0. The van der Waals surface area contributed by atoms with E-state index in [-0.39, 0.29) is 0 Å². The Morgan fingerprint density at radius 1 is 1.41 bits per heavy atom. The zero-order valence-electron chi connectivity index (χ0n) is 9.13. The van der Waals surface area contributed by atoms with E-state index in [1.165, 1.54) is 4.68 Å². The van der Waals surface area contributed by atoms with Gasteiger partial charge >= 0.3 is 0 Å². The van der Waals surface area contributed by atoms with Crippen LogP contribution in [0.5, 0.6) is 0 Å². The van der Waals surface area contributed by atoms with Gasteiger partial charge < -0.3 is 5.84 Å². The van der Waals surface area contributed by atoms with E-state index in [1.807, 2.05) is 18.2 Å². The maximum absolute atomic E-state index is 5.96. The van der Waals surface area contributed by atoms with Gasteiger partial charge in [-0.2, -0.15) is 5.10 Å². The highest BCUT2D eigenvalue weighted by Crippen LogP contribution is 2.12. The molecule has 17 heavy (non-hydrogen) atoms. The van der Waals surface area contributed by atoms with Gasteiger partial charge in [0.05, 0.1) is 6.21 Å². The molecule has 2 rings (SSSR count). The van der Waals surface area contributed by atoms with Gasteiger partial charge in [-0.05, 0) is 13.0 Å². The van der Waals surface area contributed by atoms with E-state index >= 15 is 0 Å². The monoisotopic (exact) mass is 250 g/mol. The van der Waals surface area contributed by atoms with Crippen LogP contribution in [-0.4, -0.2) is 21.1 Å². The van der Waals surface area contributed by atoms with Gasteiger partial charge in [-0.3, -0.25) is 0 Å². The predicted molar refractivity (Wildman–Crippen MR) is 67.6 cm³/mol. The highest BCUT2D eigenvalue weighted by atomic mass is 35.5. The summed E-state index contributed by atoms with van der Waals surface area (Å²) >= 11 is 5.96. The molecule has 0 unspecified atom stereocenters. The number of aromatic nitrogens is 3. The van der Waals surface area contributed by atoms with E-state index in [0.717, 1.165) is 5.56 Å². The molecule has 3 N–H and O–H groups in total. The highest BCUT2D eigenvalue weighted by molar-refractivity contribution is 6.33. The fourth-order valence-corrected chi connectivity index (χ4v) is 1.37. The molecule has 7 heteroatoms. The lowest BCUT2D eigenvalue weighted by Gasteiger charge is -1.99. The molecule has 0 saturated carbocycles. The number of aryl methyl sites for hydroxylation is 1. The number of benzene rings is 1. The van der Waals surface area contributed by atoms with Crippen LogP contribution in [0.15, 0.2) is 29.4 Å². The largest absolute Gasteiger partial charge is 0.335 e. The molecule has 1 aromatic heterocycles. The Hall–Kier alpha value is -2.08. The second kappa shape index (κ2) is 4.84. The molecule has 2 aromatic rings. The van der Waals surface area contributed by atoms with Gasteiger partial charge in [-0.1, -0.05) is 29.8 Å². The van der Waals surface area contributed by atoms with Gasteiger partial charge in [0.15, 0.2) is 5.82 Å². The average molecular weight is 251 g/mol. The molecule has 0 amide bonds. The normalized spacial score (nSPS) is 10.9. The number of nitrogens with one attached hydrogen (secondary N) is 1. The first-order valence-electron chi connectivity index (χ1n) is 4.89. The van der Waals surface area contributed by atoms with Crippen molar-refractivity contribution >= 4 is 23.8 Å². The molecular weight excluding hydrogens is 240 g/mol. The minimum Gasteiger partial charge on any atom is -0.335 e. The number of hydrogen-bond donors (Lipinski definition) is 2. The van der Waals surface area contributed by atoms with E-state index in [0.29, 0.717) is 16.8 Å². The lowest BCUT2D eigenvalue weighted by atomic mass is 10.2. The Morgan fingerprint density at radius 2 is 2.18 bits per heavy atom. The zero-order chi connectivity index (χ0) is 12.3. The molecule has 0 fully saturated rings. The van der Waals surface area contributed by atoms with Gasteiger partial charge in [0, 0.05) is 10.6 Å². The van der Waals surface area contributed by atoms with Crippen LogP contribution < -0.4 is 11.3 Å². The molecule has 0 spiro atoms.